The molecule has 3 nitrogen and oxygen atoms in total. The molecule has 0 spiro atoms. The highest BCUT2D eigenvalue weighted by Gasteiger charge is 1.89. The Kier molecular flexibility index (Phi) is 5.77. The zero-order chi connectivity index (χ0) is 7.82. The maximum Gasteiger partial charge on any atom is 0.267 e. The van der Waals surface area contributed by atoms with Crippen LogP contribution in [0.5, 0.6) is 0 Å². The van der Waals surface area contributed by atoms with Crippen LogP contribution in [0.25, 0.3) is 0 Å². The van der Waals surface area contributed by atoms with Gasteiger partial charge in [-0.3, -0.25) is 9.63 Å². The number of rotatable bonds is 4. The van der Waals surface area contributed by atoms with E-state index < -0.39 is 0 Å². The largest absolute Gasteiger partial charge is 0.274 e. The van der Waals surface area contributed by atoms with Crippen LogP contribution >= 0.6 is 0 Å². The van der Waals surface area contributed by atoms with Gasteiger partial charge in [0.05, 0.1) is 6.61 Å². The first-order valence-corrected chi connectivity index (χ1v) is 3.39. The van der Waals surface area contributed by atoms with E-state index in [1.165, 1.54) is 6.08 Å². The van der Waals surface area contributed by atoms with Gasteiger partial charge in [0.25, 0.3) is 5.91 Å². The number of allylic oxidation sites excluding steroid dienone is 1. The standard InChI is InChI=1S/C7H13NO2/c1-3-5-6-7(9)8-10-4-2/h5-6H,3-4H2,1-2H3,(H,8,9). The molecular weight excluding hydrogens is 130 g/mol. The summed E-state index contributed by atoms with van der Waals surface area (Å²) in [7, 11) is 0. The zero-order valence-corrected chi connectivity index (χ0v) is 6.39. The minimum atomic E-state index is -0.205. The molecular formula is C7H13NO2. The van der Waals surface area contributed by atoms with Gasteiger partial charge in [-0.1, -0.05) is 13.0 Å². The summed E-state index contributed by atoms with van der Waals surface area (Å²) in [6, 6.07) is 0. The Morgan fingerprint density at radius 3 is 2.80 bits per heavy atom. The van der Waals surface area contributed by atoms with Gasteiger partial charge in [-0.15, -0.1) is 0 Å². The van der Waals surface area contributed by atoms with Crippen LogP contribution in [0.4, 0.5) is 0 Å². The molecule has 3 heteroatoms. The Labute approximate surface area is 61.0 Å². The average Bonchev–Trinajstić information content (AvgIpc) is 1.97. The minimum absolute atomic E-state index is 0.205. The highest BCUT2D eigenvalue weighted by atomic mass is 16.6. The lowest BCUT2D eigenvalue weighted by molar-refractivity contribution is -0.128. The van der Waals surface area contributed by atoms with Gasteiger partial charge in [0.15, 0.2) is 0 Å². The van der Waals surface area contributed by atoms with Gasteiger partial charge in [-0.05, 0) is 13.3 Å². The second-order valence-electron chi connectivity index (χ2n) is 1.71. The Hall–Kier alpha value is -0.830. The number of carbonyl (C=O) groups is 1. The number of carbonyl (C=O) groups excluding carboxylic acids is 1. The van der Waals surface area contributed by atoms with Crippen molar-refractivity contribution in [3.05, 3.63) is 12.2 Å². The van der Waals surface area contributed by atoms with Crippen LogP contribution in [0.15, 0.2) is 12.2 Å². The van der Waals surface area contributed by atoms with Crippen LogP contribution in [-0.4, -0.2) is 12.5 Å². The third-order valence-electron chi connectivity index (χ3n) is 0.822. The van der Waals surface area contributed by atoms with Crippen LogP contribution in [0.3, 0.4) is 0 Å². The Morgan fingerprint density at radius 1 is 1.60 bits per heavy atom. The van der Waals surface area contributed by atoms with Crippen molar-refractivity contribution in [3.8, 4) is 0 Å². The average molecular weight is 143 g/mol. The number of hydrogen-bond donors (Lipinski definition) is 1. The van der Waals surface area contributed by atoms with E-state index in [2.05, 4.69) is 10.3 Å². The lowest BCUT2D eigenvalue weighted by Gasteiger charge is -1.97. The first-order chi connectivity index (χ1) is 4.81. The van der Waals surface area contributed by atoms with Gasteiger partial charge in [0, 0.05) is 6.08 Å². The van der Waals surface area contributed by atoms with E-state index in [9.17, 15) is 4.79 Å². The molecule has 10 heavy (non-hydrogen) atoms. The summed E-state index contributed by atoms with van der Waals surface area (Å²) in [5.41, 5.74) is 2.24. The molecule has 0 radical (unpaired) electrons. The fraction of sp³-hybridized carbons (Fsp3) is 0.571. The summed E-state index contributed by atoms with van der Waals surface area (Å²) in [4.78, 5) is 15.3. The van der Waals surface area contributed by atoms with E-state index in [-0.39, 0.29) is 5.91 Å². The molecule has 0 aromatic rings. The van der Waals surface area contributed by atoms with Crippen molar-refractivity contribution in [2.45, 2.75) is 20.3 Å². The maximum atomic E-state index is 10.6. The molecule has 0 saturated heterocycles. The molecule has 0 atom stereocenters. The van der Waals surface area contributed by atoms with E-state index in [4.69, 9.17) is 0 Å². The lowest BCUT2D eigenvalue weighted by Crippen LogP contribution is -2.20. The van der Waals surface area contributed by atoms with Crippen LogP contribution in [-0.2, 0) is 9.63 Å². The summed E-state index contributed by atoms with van der Waals surface area (Å²) in [6.45, 7) is 4.26. The first kappa shape index (κ1) is 9.17. The smallest absolute Gasteiger partial charge is 0.267 e. The van der Waals surface area contributed by atoms with E-state index >= 15 is 0 Å². The van der Waals surface area contributed by atoms with Gasteiger partial charge in [-0.25, -0.2) is 5.48 Å². The van der Waals surface area contributed by atoms with E-state index in [1.807, 2.05) is 13.8 Å². The number of nitrogens with one attached hydrogen (secondary N) is 1. The summed E-state index contributed by atoms with van der Waals surface area (Å²) in [5.74, 6) is -0.205. The fourth-order valence-corrected chi connectivity index (χ4v) is 0.402. The van der Waals surface area contributed by atoms with Gasteiger partial charge in [-0.2, -0.15) is 0 Å². The van der Waals surface area contributed by atoms with Crippen molar-refractivity contribution >= 4 is 5.91 Å². The fourth-order valence-electron chi connectivity index (χ4n) is 0.402. The van der Waals surface area contributed by atoms with Crippen LogP contribution in [0.2, 0.25) is 0 Å². The monoisotopic (exact) mass is 143 g/mol. The molecule has 0 aliphatic heterocycles. The lowest BCUT2D eigenvalue weighted by atomic mass is 10.4. The second kappa shape index (κ2) is 6.29. The van der Waals surface area contributed by atoms with Crippen molar-refractivity contribution in [1.82, 2.24) is 5.48 Å². The first-order valence-electron chi connectivity index (χ1n) is 3.39. The molecule has 1 N–H and O–H groups in total. The van der Waals surface area contributed by atoms with Gasteiger partial charge < -0.3 is 0 Å². The van der Waals surface area contributed by atoms with Gasteiger partial charge in [0.2, 0.25) is 0 Å². The van der Waals surface area contributed by atoms with Crippen LogP contribution < -0.4 is 5.48 Å². The maximum absolute atomic E-state index is 10.6. The molecule has 0 aliphatic carbocycles. The number of amides is 1. The third kappa shape index (κ3) is 5.31. The Morgan fingerprint density at radius 2 is 2.30 bits per heavy atom. The third-order valence-corrected chi connectivity index (χ3v) is 0.822. The topological polar surface area (TPSA) is 38.3 Å². The summed E-state index contributed by atoms with van der Waals surface area (Å²) >= 11 is 0. The molecule has 0 bridgehead atoms. The number of hydrogen-bond acceptors (Lipinski definition) is 2. The summed E-state index contributed by atoms with van der Waals surface area (Å²) < 4.78 is 0. The predicted molar refractivity (Wildman–Crippen MR) is 39.2 cm³/mol. The quantitative estimate of drug-likeness (QED) is 0.471. The highest BCUT2D eigenvalue weighted by Crippen LogP contribution is 1.78. The van der Waals surface area contributed by atoms with Crippen molar-refractivity contribution in [2.24, 2.45) is 0 Å². The summed E-state index contributed by atoms with van der Waals surface area (Å²) in [5, 5.41) is 0. The SMILES string of the molecule is CCC=CC(=O)NOCC. The normalized spacial score (nSPS) is 10.2. The number of hydroxylamine groups is 1. The molecule has 1 amide bonds. The molecule has 0 heterocycles. The molecule has 0 fully saturated rings. The summed E-state index contributed by atoms with van der Waals surface area (Å²) in [6.07, 6.45) is 4.09. The minimum Gasteiger partial charge on any atom is -0.274 e. The van der Waals surface area contributed by atoms with E-state index in [0.29, 0.717) is 6.61 Å². The predicted octanol–water partition coefficient (Wildman–Crippen LogP) is 1.02. The molecule has 0 saturated carbocycles. The molecule has 0 unspecified atom stereocenters. The molecule has 0 aliphatic rings. The van der Waals surface area contributed by atoms with Crippen molar-refractivity contribution < 1.29 is 9.63 Å². The highest BCUT2D eigenvalue weighted by molar-refractivity contribution is 5.86. The van der Waals surface area contributed by atoms with Gasteiger partial charge >= 0.3 is 0 Å². The van der Waals surface area contributed by atoms with E-state index in [1.54, 1.807) is 6.08 Å². The Bertz CT molecular complexity index is 121. The van der Waals surface area contributed by atoms with Gasteiger partial charge in [0.1, 0.15) is 0 Å². The second-order valence-corrected chi connectivity index (χ2v) is 1.71. The van der Waals surface area contributed by atoms with E-state index in [0.717, 1.165) is 6.42 Å². The zero-order valence-electron chi connectivity index (χ0n) is 6.39. The van der Waals surface area contributed by atoms with Crippen LogP contribution in [0.1, 0.15) is 20.3 Å². The van der Waals surface area contributed by atoms with Crippen molar-refractivity contribution in [3.63, 3.8) is 0 Å². The van der Waals surface area contributed by atoms with Crippen LogP contribution in [0, 0.1) is 0 Å². The molecule has 0 aromatic carbocycles. The van der Waals surface area contributed by atoms with Crippen molar-refractivity contribution in [1.29, 1.82) is 0 Å². The Balaban J connectivity index is 3.34. The van der Waals surface area contributed by atoms with Crippen molar-refractivity contribution in [2.75, 3.05) is 6.61 Å². The molecule has 58 valence electrons. The molecule has 0 aromatic heterocycles. The molecule has 0 rings (SSSR count).